The Balaban J connectivity index is 1.62. The third-order valence-corrected chi connectivity index (χ3v) is 5.02. The first kappa shape index (κ1) is 17.8. The summed E-state index contributed by atoms with van der Waals surface area (Å²) in [7, 11) is 0. The number of hydrogen-bond donors (Lipinski definition) is 0. The summed E-state index contributed by atoms with van der Waals surface area (Å²) in [5.74, 6) is 1.08. The molecule has 0 atom stereocenters. The van der Waals surface area contributed by atoms with Crippen molar-refractivity contribution in [3.8, 4) is 17.4 Å². The van der Waals surface area contributed by atoms with Crippen LogP contribution in [0.2, 0.25) is 5.15 Å². The number of carbonyl (C=O) groups excluding carboxylic acids is 1. The highest BCUT2D eigenvalue weighted by Gasteiger charge is 2.23. The predicted octanol–water partition coefficient (Wildman–Crippen LogP) is 4.48. The first-order valence-corrected chi connectivity index (χ1v) is 9.44. The minimum atomic E-state index is -0.455. The summed E-state index contributed by atoms with van der Waals surface area (Å²) >= 11 is 5.97. The smallest absolute Gasteiger partial charge is 0.415 e. The van der Waals surface area contributed by atoms with Gasteiger partial charge in [0.25, 0.3) is 5.88 Å². The van der Waals surface area contributed by atoms with E-state index in [0.717, 1.165) is 37.0 Å². The zero-order chi connectivity index (χ0) is 18.8. The first-order chi connectivity index (χ1) is 13.1. The summed E-state index contributed by atoms with van der Waals surface area (Å²) < 4.78 is 11.6. The Morgan fingerprint density at radius 1 is 1.22 bits per heavy atom. The van der Waals surface area contributed by atoms with Gasteiger partial charge < -0.3 is 14.4 Å². The van der Waals surface area contributed by atoms with Gasteiger partial charge in [-0.2, -0.15) is 0 Å². The van der Waals surface area contributed by atoms with Crippen molar-refractivity contribution in [1.82, 2.24) is 15.1 Å². The molecular weight excluding hydrogens is 366 g/mol. The molecule has 7 heteroatoms. The maximum absolute atomic E-state index is 12.5. The first-order valence-electron chi connectivity index (χ1n) is 9.06. The average Bonchev–Trinajstić information content (AvgIpc) is 3.15. The summed E-state index contributed by atoms with van der Waals surface area (Å²) in [5.41, 5.74) is 3.48. The number of aryl methyl sites for hydroxylation is 2. The topological polar surface area (TPSA) is 64.6 Å². The molecule has 0 saturated carbocycles. The summed E-state index contributed by atoms with van der Waals surface area (Å²) in [5, 5.41) is 8.02. The van der Waals surface area contributed by atoms with Crippen molar-refractivity contribution in [2.24, 2.45) is 0 Å². The molecule has 2 aliphatic rings. The lowest BCUT2D eigenvalue weighted by Crippen LogP contribution is -2.36. The fraction of sp³-hybridized carbons (Fsp3) is 0.350. The molecule has 27 heavy (non-hydrogen) atoms. The second-order valence-corrected chi connectivity index (χ2v) is 7.10. The molecule has 140 valence electrons. The van der Waals surface area contributed by atoms with E-state index >= 15 is 0 Å². The van der Waals surface area contributed by atoms with Crippen molar-refractivity contribution in [2.45, 2.75) is 32.6 Å². The van der Waals surface area contributed by atoms with Gasteiger partial charge >= 0.3 is 6.09 Å². The van der Waals surface area contributed by atoms with Crippen LogP contribution in [0.25, 0.3) is 0 Å². The van der Waals surface area contributed by atoms with Crippen molar-refractivity contribution in [2.75, 3.05) is 13.1 Å². The lowest BCUT2D eigenvalue weighted by molar-refractivity contribution is 0.155. The van der Waals surface area contributed by atoms with Crippen LogP contribution in [0, 0.1) is 6.92 Å². The van der Waals surface area contributed by atoms with Crippen LogP contribution in [0.4, 0.5) is 4.79 Å². The average molecular weight is 386 g/mol. The largest absolute Gasteiger partial charge is 0.434 e. The van der Waals surface area contributed by atoms with E-state index in [0.29, 0.717) is 13.1 Å². The van der Waals surface area contributed by atoms with E-state index in [2.05, 4.69) is 16.3 Å². The summed E-state index contributed by atoms with van der Waals surface area (Å²) in [6.45, 7) is 3.12. The molecule has 1 aromatic heterocycles. The number of hydrogen-bond acceptors (Lipinski definition) is 5. The molecule has 1 aliphatic carbocycles. The highest BCUT2D eigenvalue weighted by Crippen LogP contribution is 2.38. The molecule has 2 aromatic rings. The Morgan fingerprint density at radius 2 is 2.11 bits per heavy atom. The van der Waals surface area contributed by atoms with E-state index in [1.165, 1.54) is 17.2 Å². The molecule has 0 unspecified atom stereocenters. The molecule has 0 fully saturated rings. The zero-order valence-electron chi connectivity index (χ0n) is 15.1. The van der Waals surface area contributed by atoms with Gasteiger partial charge in [-0.05, 0) is 49.3 Å². The van der Waals surface area contributed by atoms with E-state index in [4.69, 9.17) is 21.1 Å². The van der Waals surface area contributed by atoms with Crippen molar-refractivity contribution in [1.29, 1.82) is 0 Å². The number of nitrogens with zero attached hydrogens (tertiary/aromatic N) is 3. The molecule has 0 bridgehead atoms. The van der Waals surface area contributed by atoms with Crippen LogP contribution in [-0.4, -0.2) is 34.3 Å². The second kappa shape index (κ2) is 7.56. The fourth-order valence-electron chi connectivity index (χ4n) is 3.44. The van der Waals surface area contributed by atoms with Crippen molar-refractivity contribution in [3.63, 3.8) is 0 Å². The normalized spacial score (nSPS) is 15.6. The third kappa shape index (κ3) is 3.76. The van der Waals surface area contributed by atoms with Gasteiger partial charge in [-0.15, -0.1) is 10.2 Å². The number of benzene rings is 1. The lowest BCUT2D eigenvalue weighted by Gasteiger charge is -2.23. The molecule has 1 aromatic carbocycles. The van der Waals surface area contributed by atoms with Crippen LogP contribution < -0.4 is 9.47 Å². The molecule has 0 saturated heterocycles. The van der Waals surface area contributed by atoms with Gasteiger partial charge in [0.2, 0.25) is 0 Å². The van der Waals surface area contributed by atoms with E-state index in [1.807, 2.05) is 25.1 Å². The fourth-order valence-corrected chi connectivity index (χ4v) is 3.58. The molecule has 0 N–H and O–H groups in total. The second-order valence-electron chi connectivity index (χ2n) is 6.72. The minimum Gasteiger partial charge on any atom is -0.434 e. The quantitative estimate of drug-likeness (QED) is 0.729. The maximum Gasteiger partial charge on any atom is 0.415 e. The Labute approximate surface area is 162 Å². The zero-order valence-corrected chi connectivity index (χ0v) is 15.8. The van der Waals surface area contributed by atoms with Gasteiger partial charge in [-0.25, -0.2) is 4.79 Å². The van der Waals surface area contributed by atoms with Crippen LogP contribution in [0.5, 0.6) is 17.4 Å². The van der Waals surface area contributed by atoms with Gasteiger partial charge in [0.15, 0.2) is 10.9 Å². The monoisotopic (exact) mass is 385 g/mol. The predicted molar refractivity (Wildman–Crippen MR) is 102 cm³/mol. The number of carbonyl (C=O) groups is 1. The Bertz CT molecular complexity index is 914. The number of amides is 1. The Hall–Kier alpha value is -2.60. The van der Waals surface area contributed by atoms with Crippen molar-refractivity contribution >= 4 is 17.7 Å². The van der Waals surface area contributed by atoms with Crippen LogP contribution in [0.1, 0.15) is 29.5 Å². The number of aromatic nitrogens is 2. The van der Waals surface area contributed by atoms with Crippen LogP contribution in [0.15, 0.2) is 30.4 Å². The van der Waals surface area contributed by atoms with E-state index in [9.17, 15) is 4.79 Å². The van der Waals surface area contributed by atoms with Crippen molar-refractivity contribution < 1.29 is 14.3 Å². The van der Waals surface area contributed by atoms with E-state index < -0.39 is 6.09 Å². The van der Waals surface area contributed by atoms with Crippen LogP contribution >= 0.6 is 11.6 Å². The standard InChI is InChI=1S/C20H20ClN3O3/c1-13-8-9-14-6-5-7-15(14)18(13)27-19-16(12-17(21)22-23-19)26-20(25)24-10-3-2-4-11-24/h2-3,8-9,12H,4-7,10-11H2,1H3. The molecule has 6 nitrogen and oxygen atoms in total. The Morgan fingerprint density at radius 3 is 2.93 bits per heavy atom. The van der Waals surface area contributed by atoms with Gasteiger partial charge in [0.05, 0.1) is 0 Å². The number of fused-ring (bicyclic) bond motifs is 1. The highest BCUT2D eigenvalue weighted by molar-refractivity contribution is 6.29. The molecule has 4 rings (SSSR count). The SMILES string of the molecule is Cc1ccc2c(c1Oc1nnc(Cl)cc1OC(=O)N1CC=CCC1)CCC2. The number of halogens is 1. The summed E-state index contributed by atoms with van der Waals surface area (Å²) in [6, 6.07) is 5.64. The van der Waals surface area contributed by atoms with Gasteiger partial charge in [-0.1, -0.05) is 35.9 Å². The molecular formula is C20H20ClN3O3. The molecule has 1 amide bonds. The van der Waals surface area contributed by atoms with Crippen molar-refractivity contribution in [3.05, 3.63) is 52.2 Å². The maximum atomic E-state index is 12.5. The lowest BCUT2D eigenvalue weighted by atomic mass is 10.1. The van der Waals surface area contributed by atoms with Gasteiger partial charge in [-0.3, -0.25) is 0 Å². The number of rotatable bonds is 3. The molecule has 0 spiro atoms. The highest BCUT2D eigenvalue weighted by atomic mass is 35.5. The molecule has 1 aliphatic heterocycles. The van der Waals surface area contributed by atoms with Gasteiger partial charge in [0.1, 0.15) is 5.75 Å². The summed E-state index contributed by atoms with van der Waals surface area (Å²) in [4.78, 5) is 14.1. The van der Waals surface area contributed by atoms with Crippen LogP contribution in [0.3, 0.4) is 0 Å². The number of ether oxygens (including phenoxy) is 2. The Kier molecular flexibility index (Phi) is 4.99. The van der Waals surface area contributed by atoms with E-state index in [-0.39, 0.29) is 16.8 Å². The molecule has 0 radical (unpaired) electrons. The minimum absolute atomic E-state index is 0.138. The van der Waals surface area contributed by atoms with Crippen LogP contribution in [-0.2, 0) is 12.8 Å². The summed E-state index contributed by atoms with van der Waals surface area (Å²) in [6.07, 6.45) is 7.45. The third-order valence-electron chi connectivity index (χ3n) is 4.84. The van der Waals surface area contributed by atoms with Gasteiger partial charge in [0, 0.05) is 19.2 Å². The molecule has 2 heterocycles. The van der Waals surface area contributed by atoms with E-state index in [1.54, 1.807) is 4.90 Å².